The molecule has 0 spiro atoms. The maximum absolute atomic E-state index is 8.88. The summed E-state index contributed by atoms with van der Waals surface area (Å²) in [6, 6.07) is 1.88. The fraction of sp³-hybridized carbons (Fsp3) is 0.636. The van der Waals surface area contributed by atoms with E-state index in [1.54, 1.807) is 6.26 Å². The molecule has 86 valence electrons. The molecule has 0 amide bonds. The van der Waals surface area contributed by atoms with Crippen LogP contribution in [0.25, 0.3) is 0 Å². The molecule has 0 bridgehead atoms. The first-order valence-corrected chi connectivity index (χ1v) is 5.88. The third-order valence-corrected chi connectivity index (χ3v) is 3.08. The summed E-state index contributed by atoms with van der Waals surface area (Å²) in [5.41, 5.74) is 0.119. The largest absolute Gasteiger partial charge is 0.467 e. The Hall–Kier alpha value is -0.320. The van der Waals surface area contributed by atoms with Gasteiger partial charge in [0, 0.05) is 13.2 Å². The van der Waals surface area contributed by atoms with Gasteiger partial charge in [0.1, 0.15) is 5.76 Å². The van der Waals surface area contributed by atoms with Crippen LogP contribution >= 0.6 is 15.9 Å². The Kier molecular flexibility index (Phi) is 4.83. The molecule has 15 heavy (non-hydrogen) atoms. The molecule has 0 saturated carbocycles. The van der Waals surface area contributed by atoms with Gasteiger partial charge in [-0.15, -0.1) is 0 Å². The molecule has 0 saturated heterocycles. The molecule has 1 aromatic rings. The molecular weight excluding hydrogens is 258 g/mol. The van der Waals surface area contributed by atoms with E-state index in [9.17, 15) is 0 Å². The molecule has 0 atom stereocenters. The van der Waals surface area contributed by atoms with Gasteiger partial charge in [0.25, 0.3) is 0 Å². The van der Waals surface area contributed by atoms with Crippen LogP contribution < -0.4 is 5.32 Å². The van der Waals surface area contributed by atoms with Crippen molar-refractivity contribution in [3.05, 3.63) is 22.6 Å². The van der Waals surface area contributed by atoms with Crippen molar-refractivity contribution in [2.75, 3.05) is 13.2 Å². The molecule has 1 rings (SSSR count). The molecule has 0 fully saturated rings. The standard InChI is InChI=1S/C11H18BrNO2/c1-11(2,4-5-14)8-13-7-10-9(12)3-6-15-10/h3,6,13-14H,4-5,7-8H2,1-2H3. The van der Waals surface area contributed by atoms with Crippen molar-refractivity contribution in [3.8, 4) is 0 Å². The van der Waals surface area contributed by atoms with Crippen molar-refractivity contribution in [1.82, 2.24) is 5.32 Å². The quantitative estimate of drug-likeness (QED) is 0.839. The van der Waals surface area contributed by atoms with Gasteiger partial charge in [-0.05, 0) is 33.8 Å². The van der Waals surface area contributed by atoms with Crippen LogP contribution in [0, 0.1) is 5.41 Å². The van der Waals surface area contributed by atoms with Crippen LogP contribution in [0.4, 0.5) is 0 Å². The minimum absolute atomic E-state index is 0.119. The number of aliphatic hydroxyl groups is 1. The highest BCUT2D eigenvalue weighted by atomic mass is 79.9. The van der Waals surface area contributed by atoms with Gasteiger partial charge in [0.15, 0.2) is 0 Å². The van der Waals surface area contributed by atoms with E-state index in [2.05, 4.69) is 35.1 Å². The topological polar surface area (TPSA) is 45.4 Å². The maximum atomic E-state index is 8.88. The van der Waals surface area contributed by atoms with Gasteiger partial charge in [0.05, 0.1) is 17.3 Å². The first-order chi connectivity index (χ1) is 7.05. The van der Waals surface area contributed by atoms with Crippen molar-refractivity contribution in [2.24, 2.45) is 5.41 Å². The van der Waals surface area contributed by atoms with Crippen LogP contribution in [0.15, 0.2) is 21.2 Å². The Bertz CT molecular complexity index is 297. The molecular formula is C11H18BrNO2. The Morgan fingerprint density at radius 1 is 1.53 bits per heavy atom. The van der Waals surface area contributed by atoms with Gasteiger partial charge in [-0.3, -0.25) is 0 Å². The summed E-state index contributed by atoms with van der Waals surface area (Å²) >= 11 is 3.40. The second-order valence-electron chi connectivity index (χ2n) is 4.43. The number of halogens is 1. The summed E-state index contributed by atoms with van der Waals surface area (Å²) in [4.78, 5) is 0. The van der Waals surface area contributed by atoms with E-state index in [-0.39, 0.29) is 12.0 Å². The zero-order valence-corrected chi connectivity index (χ0v) is 10.8. The fourth-order valence-electron chi connectivity index (χ4n) is 1.36. The third-order valence-electron chi connectivity index (χ3n) is 2.37. The van der Waals surface area contributed by atoms with Crippen LogP contribution in [0.2, 0.25) is 0 Å². The molecule has 1 aromatic heterocycles. The summed E-state index contributed by atoms with van der Waals surface area (Å²) < 4.78 is 6.28. The zero-order valence-electron chi connectivity index (χ0n) is 9.22. The molecule has 2 N–H and O–H groups in total. The average Bonchev–Trinajstić information content (AvgIpc) is 2.51. The lowest BCUT2D eigenvalue weighted by Crippen LogP contribution is -2.29. The summed E-state index contributed by atoms with van der Waals surface area (Å²) in [7, 11) is 0. The number of hydrogen-bond acceptors (Lipinski definition) is 3. The highest BCUT2D eigenvalue weighted by Crippen LogP contribution is 2.20. The second kappa shape index (κ2) is 5.68. The molecule has 4 heteroatoms. The van der Waals surface area contributed by atoms with E-state index in [0.717, 1.165) is 23.2 Å². The highest BCUT2D eigenvalue weighted by Gasteiger charge is 2.16. The maximum Gasteiger partial charge on any atom is 0.131 e. The van der Waals surface area contributed by atoms with Crippen molar-refractivity contribution >= 4 is 15.9 Å². The van der Waals surface area contributed by atoms with Gasteiger partial charge in [-0.1, -0.05) is 13.8 Å². The first-order valence-electron chi connectivity index (χ1n) is 5.08. The molecule has 0 aliphatic heterocycles. The summed E-state index contributed by atoms with van der Waals surface area (Å²) in [6.45, 7) is 6.07. The molecule has 0 radical (unpaired) electrons. The molecule has 3 nitrogen and oxygen atoms in total. The second-order valence-corrected chi connectivity index (χ2v) is 5.29. The minimum atomic E-state index is 0.119. The Morgan fingerprint density at radius 3 is 2.80 bits per heavy atom. The van der Waals surface area contributed by atoms with Crippen molar-refractivity contribution < 1.29 is 9.52 Å². The van der Waals surface area contributed by atoms with Gasteiger partial charge < -0.3 is 14.8 Å². The number of aliphatic hydroxyl groups excluding tert-OH is 1. The van der Waals surface area contributed by atoms with E-state index in [1.165, 1.54) is 0 Å². The Balaban J connectivity index is 2.30. The predicted molar refractivity (Wildman–Crippen MR) is 63.6 cm³/mol. The molecule has 0 aliphatic carbocycles. The summed E-state index contributed by atoms with van der Waals surface area (Å²) in [6.07, 6.45) is 2.47. The number of furan rings is 1. The van der Waals surface area contributed by atoms with E-state index in [1.807, 2.05) is 6.07 Å². The van der Waals surface area contributed by atoms with E-state index >= 15 is 0 Å². The van der Waals surface area contributed by atoms with E-state index < -0.39 is 0 Å². The van der Waals surface area contributed by atoms with Gasteiger partial charge in [0.2, 0.25) is 0 Å². The monoisotopic (exact) mass is 275 g/mol. The predicted octanol–water partition coefficient (Wildman–Crippen LogP) is 2.54. The van der Waals surface area contributed by atoms with Crippen molar-refractivity contribution in [2.45, 2.75) is 26.8 Å². The van der Waals surface area contributed by atoms with Crippen LogP contribution in [0.5, 0.6) is 0 Å². The van der Waals surface area contributed by atoms with Gasteiger partial charge in [-0.2, -0.15) is 0 Å². The SMILES string of the molecule is CC(C)(CCO)CNCc1occc1Br. The Morgan fingerprint density at radius 2 is 2.27 bits per heavy atom. The highest BCUT2D eigenvalue weighted by molar-refractivity contribution is 9.10. The van der Waals surface area contributed by atoms with Crippen molar-refractivity contribution in [1.29, 1.82) is 0 Å². The molecule has 0 aliphatic rings. The van der Waals surface area contributed by atoms with Gasteiger partial charge >= 0.3 is 0 Å². The lowest BCUT2D eigenvalue weighted by atomic mass is 9.90. The Labute approximate surface area is 99.0 Å². The normalized spacial score (nSPS) is 12.0. The average molecular weight is 276 g/mol. The van der Waals surface area contributed by atoms with E-state index in [0.29, 0.717) is 6.54 Å². The first kappa shape index (κ1) is 12.7. The van der Waals surface area contributed by atoms with Crippen LogP contribution in [0.3, 0.4) is 0 Å². The summed E-state index contributed by atoms with van der Waals surface area (Å²) in [5.74, 6) is 0.912. The lowest BCUT2D eigenvalue weighted by molar-refractivity contribution is 0.206. The van der Waals surface area contributed by atoms with Gasteiger partial charge in [-0.25, -0.2) is 0 Å². The third kappa shape index (κ3) is 4.36. The smallest absolute Gasteiger partial charge is 0.131 e. The zero-order chi connectivity index (χ0) is 11.3. The fourth-order valence-corrected chi connectivity index (χ4v) is 1.70. The van der Waals surface area contributed by atoms with Crippen LogP contribution in [-0.4, -0.2) is 18.3 Å². The molecule has 0 aromatic carbocycles. The number of rotatable bonds is 6. The molecule has 0 unspecified atom stereocenters. The van der Waals surface area contributed by atoms with E-state index in [4.69, 9.17) is 9.52 Å². The van der Waals surface area contributed by atoms with Crippen LogP contribution in [-0.2, 0) is 6.54 Å². The number of hydrogen-bond donors (Lipinski definition) is 2. The molecule has 1 heterocycles. The van der Waals surface area contributed by atoms with Crippen molar-refractivity contribution in [3.63, 3.8) is 0 Å². The van der Waals surface area contributed by atoms with Crippen LogP contribution in [0.1, 0.15) is 26.0 Å². The minimum Gasteiger partial charge on any atom is -0.467 e. The number of nitrogens with one attached hydrogen (secondary N) is 1. The summed E-state index contributed by atoms with van der Waals surface area (Å²) in [5, 5.41) is 12.2. The lowest BCUT2D eigenvalue weighted by Gasteiger charge is -2.23.